The maximum atomic E-state index is 11.7. The topological polar surface area (TPSA) is 61.8 Å². The fourth-order valence-electron chi connectivity index (χ4n) is 3.20. The first-order chi connectivity index (χ1) is 8.70. The Hall–Kier alpha value is -1.88. The Morgan fingerprint density at radius 1 is 1.06 bits per heavy atom. The molecule has 1 aromatic rings. The predicted octanol–water partition coefficient (Wildman–Crippen LogP) is 1.14. The zero-order valence-electron chi connectivity index (χ0n) is 9.58. The SMILES string of the molecule is COc1ccc2c(c1)[C@H]1O[C@H]2[C@H]2C(=O)OC(=O)[C@H]21. The van der Waals surface area contributed by atoms with Crippen LogP contribution in [0.3, 0.4) is 0 Å². The highest BCUT2D eigenvalue weighted by molar-refractivity contribution is 5.98. The Balaban J connectivity index is 1.86. The number of carbonyl (C=O) groups is 2. The molecular formula is C13H10O5. The van der Waals surface area contributed by atoms with Crippen molar-refractivity contribution in [2.24, 2.45) is 11.8 Å². The molecule has 2 bridgehead atoms. The zero-order chi connectivity index (χ0) is 12.4. The van der Waals surface area contributed by atoms with Gasteiger partial charge in [0, 0.05) is 0 Å². The fraction of sp³-hybridized carbons (Fsp3) is 0.385. The van der Waals surface area contributed by atoms with Crippen molar-refractivity contribution in [3.8, 4) is 5.75 Å². The largest absolute Gasteiger partial charge is 0.497 e. The minimum absolute atomic E-state index is 0.347. The summed E-state index contributed by atoms with van der Waals surface area (Å²) in [6, 6.07) is 5.59. The summed E-state index contributed by atoms with van der Waals surface area (Å²) in [4.78, 5) is 23.3. The lowest BCUT2D eigenvalue weighted by molar-refractivity contribution is -0.157. The maximum absolute atomic E-state index is 11.7. The Bertz CT molecular complexity index is 579. The van der Waals surface area contributed by atoms with E-state index in [0.29, 0.717) is 0 Å². The predicted molar refractivity (Wildman–Crippen MR) is 57.6 cm³/mol. The molecular weight excluding hydrogens is 236 g/mol. The number of cyclic esters (lactones) is 2. The van der Waals surface area contributed by atoms with Gasteiger partial charge in [0.1, 0.15) is 17.6 Å². The molecule has 5 nitrogen and oxygen atoms in total. The van der Waals surface area contributed by atoms with Crippen LogP contribution in [0.5, 0.6) is 5.75 Å². The van der Waals surface area contributed by atoms with Gasteiger partial charge in [-0.15, -0.1) is 0 Å². The number of hydrogen-bond acceptors (Lipinski definition) is 5. The molecule has 18 heavy (non-hydrogen) atoms. The summed E-state index contributed by atoms with van der Waals surface area (Å²) in [5.74, 6) is -1.16. The standard InChI is InChI=1S/C13H10O5/c1-16-5-2-3-6-7(4-5)11-9-8(10(6)17-11)12(14)18-13(9)15/h2-4,8-11H,1H3/t8-,9+,10+,11+/m0/s1. The number of ether oxygens (including phenoxy) is 3. The second kappa shape index (κ2) is 3.11. The van der Waals surface area contributed by atoms with Crippen molar-refractivity contribution >= 4 is 11.9 Å². The number of methoxy groups -OCH3 is 1. The summed E-state index contributed by atoms with van der Waals surface area (Å²) in [6.45, 7) is 0. The molecule has 0 radical (unpaired) electrons. The smallest absolute Gasteiger partial charge is 0.320 e. The third kappa shape index (κ3) is 1.01. The molecule has 4 atom stereocenters. The first-order valence-electron chi connectivity index (χ1n) is 5.79. The molecule has 0 aliphatic carbocycles. The second-order valence-electron chi connectivity index (χ2n) is 4.76. The van der Waals surface area contributed by atoms with E-state index in [1.165, 1.54) is 0 Å². The number of benzene rings is 1. The summed E-state index contributed by atoms with van der Waals surface area (Å²) in [7, 11) is 1.59. The van der Waals surface area contributed by atoms with Crippen LogP contribution in [-0.4, -0.2) is 19.0 Å². The summed E-state index contributed by atoms with van der Waals surface area (Å²) in [5, 5.41) is 0. The van der Waals surface area contributed by atoms with Crippen LogP contribution in [0.1, 0.15) is 23.3 Å². The molecule has 92 valence electrons. The van der Waals surface area contributed by atoms with E-state index < -0.39 is 23.8 Å². The number of carbonyl (C=O) groups excluding carboxylic acids is 2. The molecule has 1 aromatic carbocycles. The molecule has 0 saturated carbocycles. The van der Waals surface area contributed by atoms with Gasteiger partial charge in [-0.3, -0.25) is 9.59 Å². The monoisotopic (exact) mass is 246 g/mol. The van der Waals surface area contributed by atoms with Crippen molar-refractivity contribution in [3.05, 3.63) is 29.3 Å². The molecule has 0 aromatic heterocycles. The lowest BCUT2D eigenvalue weighted by Crippen LogP contribution is -2.24. The Morgan fingerprint density at radius 3 is 2.39 bits per heavy atom. The van der Waals surface area contributed by atoms with E-state index in [4.69, 9.17) is 14.2 Å². The van der Waals surface area contributed by atoms with Gasteiger partial charge in [0.15, 0.2) is 0 Å². The number of rotatable bonds is 1. The van der Waals surface area contributed by atoms with E-state index in [1.54, 1.807) is 7.11 Å². The van der Waals surface area contributed by atoms with Crippen LogP contribution in [0, 0.1) is 11.8 Å². The highest BCUT2D eigenvalue weighted by Crippen LogP contribution is 2.60. The normalized spacial score (nSPS) is 35.4. The molecule has 5 heteroatoms. The van der Waals surface area contributed by atoms with Crippen molar-refractivity contribution in [1.82, 2.24) is 0 Å². The molecule has 0 amide bonds. The lowest BCUT2D eigenvalue weighted by Gasteiger charge is -2.19. The van der Waals surface area contributed by atoms with Crippen LogP contribution >= 0.6 is 0 Å². The average Bonchev–Trinajstić information content (AvgIpc) is 3.00. The molecule has 3 aliphatic heterocycles. The van der Waals surface area contributed by atoms with Crippen LogP contribution in [0.2, 0.25) is 0 Å². The maximum Gasteiger partial charge on any atom is 0.320 e. The van der Waals surface area contributed by atoms with Crippen molar-refractivity contribution in [1.29, 1.82) is 0 Å². The second-order valence-corrected chi connectivity index (χ2v) is 4.76. The van der Waals surface area contributed by atoms with E-state index in [-0.39, 0.29) is 12.2 Å². The van der Waals surface area contributed by atoms with Crippen molar-refractivity contribution < 1.29 is 23.8 Å². The fourth-order valence-corrected chi connectivity index (χ4v) is 3.20. The lowest BCUT2D eigenvalue weighted by atomic mass is 9.77. The Kier molecular flexibility index (Phi) is 1.74. The molecule has 0 N–H and O–H groups in total. The van der Waals surface area contributed by atoms with Crippen LogP contribution in [0.4, 0.5) is 0 Å². The minimum atomic E-state index is -0.484. The summed E-state index contributed by atoms with van der Waals surface area (Å²) in [5.41, 5.74) is 1.90. The van der Waals surface area contributed by atoms with Gasteiger partial charge in [0.25, 0.3) is 0 Å². The van der Waals surface area contributed by atoms with E-state index in [2.05, 4.69) is 0 Å². The Morgan fingerprint density at radius 2 is 1.72 bits per heavy atom. The van der Waals surface area contributed by atoms with E-state index in [9.17, 15) is 9.59 Å². The van der Waals surface area contributed by atoms with Gasteiger partial charge in [-0.25, -0.2) is 0 Å². The average molecular weight is 246 g/mol. The Labute approximate surface area is 103 Å². The van der Waals surface area contributed by atoms with Crippen molar-refractivity contribution in [2.75, 3.05) is 7.11 Å². The van der Waals surface area contributed by atoms with Crippen LogP contribution in [-0.2, 0) is 19.1 Å². The number of esters is 2. The molecule has 3 aliphatic rings. The zero-order valence-corrected chi connectivity index (χ0v) is 9.58. The van der Waals surface area contributed by atoms with E-state index >= 15 is 0 Å². The molecule has 4 rings (SSSR count). The quantitative estimate of drug-likeness (QED) is 0.549. The summed E-state index contributed by atoms with van der Waals surface area (Å²) >= 11 is 0. The number of fused-ring (bicyclic) bond motifs is 8. The van der Waals surface area contributed by atoms with Gasteiger partial charge < -0.3 is 14.2 Å². The highest BCUT2D eigenvalue weighted by atomic mass is 16.6. The van der Waals surface area contributed by atoms with E-state index in [1.807, 2.05) is 18.2 Å². The minimum Gasteiger partial charge on any atom is -0.497 e. The first-order valence-corrected chi connectivity index (χ1v) is 5.79. The van der Waals surface area contributed by atoms with Gasteiger partial charge >= 0.3 is 11.9 Å². The molecule has 0 spiro atoms. The molecule has 0 unspecified atom stereocenters. The molecule has 2 fully saturated rings. The summed E-state index contributed by atoms with van der Waals surface area (Å²) in [6.07, 6.45) is -0.719. The summed E-state index contributed by atoms with van der Waals surface area (Å²) < 4.78 is 15.6. The third-order valence-electron chi connectivity index (χ3n) is 3.98. The first kappa shape index (κ1) is 10.1. The van der Waals surface area contributed by atoms with E-state index in [0.717, 1.165) is 16.9 Å². The van der Waals surface area contributed by atoms with Gasteiger partial charge in [-0.1, -0.05) is 6.07 Å². The van der Waals surface area contributed by atoms with Crippen LogP contribution < -0.4 is 4.74 Å². The highest BCUT2D eigenvalue weighted by Gasteiger charge is 2.63. The van der Waals surface area contributed by atoms with Gasteiger partial charge in [0.2, 0.25) is 0 Å². The molecule has 2 saturated heterocycles. The van der Waals surface area contributed by atoms with Gasteiger partial charge in [0.05, 0.1) is 19.3 Å². The van der Waals surface area contributed by atoms with Crippen LogP contribution in [0.25, 0.3) is 0 Å². The van der Waals surface area contributed by atoms with Gasteiger partial charge in [-0.05, 0) is 23.3 Å². The third-order valence-corrected chi connectivity index (χ3v) is 3.98. The van der Waals surface area contributed by atoms with Crippen molar-refractivity contribution in [2.45, 2.75) is 12.2 Å². The van der Waals surface area contributed by atoms with Crippen molar-refractivity contribution in [3.63, 3.8) is 0 Å². The molecule has 3 heterocycles. The van der Waals surface area contributed by atoms with Crippen LogP contribution in [0.15, 0.2) is 18.2 Å². The number of hydrogen-bond donors (Lipinski definition) is 0. The van der Waals surface area contributed by atoms with Gasteiger partial charge in [-0.2, -0.15) is 0 Å².